The van der Waals surface area contributed by atoms with E-state index in [9.17, 15) is 9.90 Å². The molecule has 2 N–H and O–H groups in total. The Kier molecular flexibility index (Phi) is 17.2. The number of hydrogen-bond donors (Lipinski definition) is 2. The van der Waals surface area contributed by atoms with Gasteiger partial charge in [-0.25, -0.2) is 0 Å². The summed E-state index contributed by atoms with van der Waals surface area (Å²) in [6.07, 6.45) is 2.39. The van der Waals surface area contributed by atoms with Crippen LogP contribution in [0.15, 0.2) is 0 Å². The first-order valence-electron chi connectivity index (χ1n) is 7.01. The third kappa shape index (κ3) is 6.67. The van der Waals surface area contributed by atoms with Gasteiger partial charge in [0.2, 0.25) is 0 Å². The predicted octanol–water partition coefficient (Wildman–Crippen LogP) is 4.09. The predicted molar refractivity (Wildman–Crippen MR) is 74.3 cm³/mol. The third-order valence-electron chi connectivity index (χ3n) is 2.72. The second kappa shape index (κ2) is 13.5. The topological polar surface area (TPSA) is 57.5 Å². The quantitative estimate of drug-likeness (QED) is 0.773. The second-order valence-corrected chi connectivity index (χ2v) is 3.34. The number of aliphatic hydroxyl groups excluding tert-OH is 1. The van der Waals surface area contributed by atoms with Crippen LogP contribution in [0.4, 0.5) is 0 Å². The minimum absolute atomic E-state index is 0.625. The van der Waals surface area contributed by atoms with Gasteiger partial charge in [-0.05, 0) is 19.8 Å². The Hall–Kier alpha value is -0.570. The average molecular weight is 248 g/mol. The summed E-state index contributed by atoms with van der Waals surface area (Å²) in [7, 11) is 0. The van der Waals surface area contributed by atoms with Crippen LogP contribution in [0.2, 0.25) is 0 Å². The molecule has 0 aromatic rings. The molecule has 0 radical (unpaired) electrons. The summed E-state index contributed by atoms with van der Waals surface area (Å²) < 4.78 is 0. The van der Waals surface area contributed by atoms with Crippen LogP contribution in [0.1, 0.15) is 74.1 Å². The van der Waals surface area contributed by atoms with Gasteiger partial charge >= 0.3 is 5.97 Å². The highest BCUT2D eigenvalue weighted by Gasteiger charge is 2.45. The first-order chi connectivity index (χ1) is 8.09. The average Bonchev–Trinajstić information content (AvgIpc) is 2.87. The molecular formula is C14H32O3. The first kappa shape index (κ1) is 21.7. The van der Waals surface area contributed by atoms with E-state index in [1.807, 2.05) is 41.5 Å². The van der Waals surface area contributed by atoms with Crippen LogP contribution in [-0.2, 0) is 4.79 Å². The van der Waals surface area contributed by atoms with Gasteiger partial charge in [-0.3, -0.25) is 4.79 Å². The fourth-order valence-electron chi connectivity index (χ4n) is 1.82. The Labute approximate surface area is 107 Å². The molecule has 0 aromatic heterocycles. The fourth-order valence-corrected chi connectivity index (χ4v) is 1.82. The number of aliphatic carboxylic acids is 1. The van der Waals surface area contributed by atoms with Crippen LogP contribution in [0.25, 0.3) is 0 Å². The van der Waals surface area contributed by atoms with Crippen molar-refractivity contribution in [1.82, 2.24) is 0 Å². The first-order valence-corrected chi connectivity index (χ1v) is 7.01. The minimum Gasteiger partial charge on any atom is -0.481 e. The lowest BCUT2D eigenvalue weighted by atomic mass is 9.81. The van der Waals surface area contributed by atoms with Crippen molar-refractivity contribution in [3.05, 3.63) is 0 Å². The van der Waals surface area contributed by atoms with Crippen molar-refractivity contribution in [2.45, 2.75) is 80.3 Å². The zero-order chi connectivity index (χ0) is 14.5. The molecule has 0 amide bonds. The summed E-state index contributed by atoms with van der Waals surface area (Å²) in [5.74, 6) is -0.843. The lowest BCUT2D eigenvalue weighted by molar-refractivity contribution is -0.155. The summed E-state index contributed by atoms with van der Waals surface area (Å²) in [6, 6.07) is 0. The van der Waals surface area contributed by atoms with Crippen molar-refractivity contribution in [3.63, 3.8) is 0 Å². The largest absolute Gasteiger partial charge is 0.481 e. The van der Waals surface area contributed by atoms with E-state index in [2.05, 4.69) is 0 Å². The summed E-state index contributed by atoms with van der Waals surface area (Å²) in [5.41, 5.74) is -0.833. The molecule has 17 heavy (non-hydrogen) atoms. The molecule has 0 aliphatic heterocycles. The smallest absolute Gasteiger partial charge is 0.312 e. The van der Waals surface area contributed by atoms with Gasteiger partial charge in [0.25, 0.3) is 0 Å². The lowest BCUT2D eigenvalue weighted by Crippen LogP contribution is -2.38. The van der Waals surface area contributed by atoms with Crippen LogP contribution >= 0.6 is 0 Å². The van der Waals surface area contributed by atoms with Crippen molar-refractivity contribution in [2.24, 2.45) is 5.41 Å². The highest BCUT2D eigenvalue weighted by atomic mass is 16.4. The number of hydrogen-bond acceptors (Lipinski definition) is 2. The molecule has 3 nitrogen and oxygen atoms in total. The monoisotopic (exact) mass is 248 g/mol. The van der Waals surface area contributed by atoms with Crippen molar-refractivity contribution < 1.29 is 15.0 Å². The summed E-state index contributed by atoms with van der Waals surface area (Å²) in [6.45, 7) is 13.6. The lowest BCUT2D eigenvalue weighted by Gasteiger charge is -2.26. The van der Waals surface area contributed by atoms with Gasteiger partial charge in [0, 0.05) is 0 Å². The van der Waals surface area contributed by atoms with E-state index < -0.39 is 17.5 Å². The van der Waals surface area contributed by atoms with Gasteiger partial charge in [-0.1, -0.05) is 54.4 Å². The number of rotatable bonds is 2. The molecule has 0 bridgehead atoms. The molecule has 1 rings (SSSR count). The molecular weight excluding hydrogens is 216 g/mol. The fraction of sp³-hybridized carbons (Fsp3) is 0.929. The molecule has 0 saturated heterocycles. The highest BCUT2D eigenvalue weighted by Crippen LogP contribution is 2.41. The molecule has 1 atom stereocenters. The zero-order valence-electron chi connectivity index (χ0n) is 12.7. The Balaban J connectivity index is -0.000000285. The minimum atomic E-state index is -0.843. The number of aliphatic hydroxyl groups is 1. The second-order valence-electron chi connectivity index (χ2n) is 3.34. The summed E-state index contributed by atoms with van der Waals surface area (Å²) >= 11 is 0. The zero-order valence-corrected chi connectivity index (χ0v) is 12.7. The van der Waals surface area contributed by atoms with Crippen molar-refractivity contribution in [2.75, 3.05) is 0 Å². The standard InChI is InChI=1S/C8H14O3.3C2H6/c1-6(9)8(7(10)11)4-2-3-5-8;3*1-2/h6,9H,2-5H2,1H3,(H,10,11);3*1-2H3. The number of carboxylic acids is 1. The Morgan fingerprint density at radius 1 is 1.00 bits per heavy atom. The van der Waals surface area contributed by atoms with E-state index in [0.717, 1.165) is 12.8 Å². The van der Waals surface area contributed by atoms with Crippen LogP contribution < -0.4 is 0 Å². The molecule has 1 unspecified atom stereocenters. The van der Waals surface area contributed by atoms with E-state index in [0.29, 0.717) is 12.8 Å². The molecule has 1 aliphatic carbocycles. The summed E-state index contributed by atoms with van der Waals surface area (Å²) in [5, 5.41) is 18.2. The molecule has 3 heteroatoms. The molecule has 1 saturated carbocycles. The maximum absolute atomic E-state index is 10.8. The van der Waals surface area contributed by atoms with E-state index in [1.165, 1.54) is 0 Å². The highest BCUT2D eigenvalue weighted by molar-refractivity contribution is 5.75. The molecule has 1 fully saturated rings. The number of carbonyl (C=O) groups is 1. The van der Waals surface area contributed by atoms with Crippen LogP contribution in [0, 0.1) is 5.41 Å². The van der Waals surface area contributed by atoms with Gasteiger partial charge in [0.05, 0.1) is 11.5 Å². The Morgan fingerprint density at radius 3 is 1.41 bits per heavy atom. The van der Waals surface area contributed by atoms with Crippen LogP contribution in [0.3, 0.4) is 0 Å². The van der Waals surface area contributed by atoms with Crippen molar-refractivity contribution in [3.8, 4) is 0 Å². The van der Waals surface area contributed by atoms with Gasteiger partial charge in [-0.2, -0.15) is 0 Å². The summed E-state index contributed by atoms with van der Waals surface area (Å²) in [4.78, 5) is 10.8. The van der Waals surface area contributed by atoms with Crippen molar-refractivity contribution >= 4 is 5.97 Å². The van der Waals surface area contributed by atoms with Gasteiger partial charge in [0.15, 0.2) is 0 Å². The van der Waals surface area contributed by atoms with Crippen LogP contribution in [0.5, 0.6) is 0 Å². The van der Waals surface area contributed by atoms with Crippen molar-refractivity contribution in [1.29, 1.82) is 0 Å². The molecule has 106 valence electrons. The molecule has 0 heterocycles. The van der Waals surface area contributed by atoms with Gasteiger partial charge in [0.1, 0.15) is 0 Å². The van der Waals surface area contributed by atoms with E-state index in [-0.39, 0.29) is 0 Å². The van der Waals surface area contributed by atoms with Gasteiger partial charge < -0.3 is 10.2 Å². The maximum Gasteiger partial charge on any atom is 0.312 e. The van der Waals surface area contributed by atoms with E-state index in [4.69, 9.17) is 5.11 Å². The molecule has 1 aliphatic rings. The van der Waals surface area contributed by atoms with E-state index >= 15 is 0 Å². The SMILES string of the molecule is CC.CC.CC.CC(O)C1(C(=O)O)CCCC1. The Bertz CT molecular complexity index is 159. The normalized spacial score (nSPS) is 17.2. The van der Waals surface area contributed by atoms with E-state index in [1.54, 1.807) is 6.92 Å². The third-order valence-corrected chi connectivity index (χ3v) is 2.72. The maximum atomic E-state index is 10.8. The molecule has 0 spiro atoms. The molecule has 0 aromatic carbocycles. The Morgan fingerprint density at radius 2 is 1.29 bits per heavy atom. The van der Waals surface area contributed by atoms with Gasteiger partial charge in [-0.15, -0.1) is 0 Å². The van der Waals surface area contributed by atoms with Crippen LogP contribution in [-0.4, -0.2) is 22.3 Å². The number of carboxylic acid groups (broad SMARTS) is 1.